The Labute approximate surface area is 170 Å². The van der Waals surface area contributed by atoms with Crippen molar-refractivity contribution in [2.45, 2.75) is 32.1 Å². The topological polar surface area (TPSA) is 62.5 Å². The van der Waals surface area contributed by atoms with E-state index in [0.29, 0.717) is 11.6 Å². The molecule has 5 rings (SSSR count). The van der Waals surface area contributed by atoms with Crippen LogP contribution >= 0.6 is 0 Å². The predicted molar refractivity (Wildman–Crippen MR) is 111 cm³/mol. The van der Waals surface area contributed by atoms with Crippen molar-refractivity contribution in [3.8, 4) is 0 Å². The number of nitrogens with zero attached hydrogens (tertiary/aromatic N) is 4. The van der Waals surface area contributed by atoms with E-state index in [2.05, 4.69) is 40.2 Å². The number of hydrogen-bond donors (Lipinski definition) is 0. The Bertz CT molecular complexity index is 1040. The molecule has 1 amide bonds. The number of fused-ring (bicyclic) bond motifs is 2. The lowest BCUT2D eigenvalue weighted by atomic mass is 9.91. The highest BCUT2D eigenvalue weighted by Gasteiger charge is 2.28. The second kappa shape index (κ2) is 7.59. The van der Waals surface area contributed by atoms with Crippen LogP contribution in [0.15, 0.2) is 41.1 Å². The van der Waals surface area contributed by atoms with E-state index < -0.39 is 0 Å². The number of amides is 1. The fourth-order valence-electron chi connectivity index (χ4n) is 4.60. The average molecular weight is 390 g/mol. The minimum absolute atomic E-state index is 0.0751. The summed E-state index contributed by atoms with van der Waals surface area (Å²) >= 11 is 0. The van der Waals surface area contributed by atoms with E-state index in [1.807, 2.05) is 17.0 Å². The van der Waals surface area contributed by atoms with Crippen LogP contribution in [0.5, 0.6) is 0 Å². The largest absolute Gasteiger partial charge is 0.356 e. The highest BCUT2D eigenvalue weighted by molar-refractivity contribution is 5.94. The summed E-state index contributed by atoms with van der Waals surface area (Å²) in [6, 6.07) is 10.2. The molecule has 29 heavy (non-hydrogen) atoms. The molecule has 0 saturated carbocycles. The number of carbonyl (C=O) groups is 1. The molecule has 2 aliphatic heterocycles. The van der Waals surface area contributed by atoms with Gasteiger partial charge in [0.15, 0.2) is 5.58 Å². The highest BCUT2D eigenvalue weighted by Crippen LogP contribution is 2.32. The van der Waals surface area contributed by atoms with Crippen molar-refractivity contribution in [3.05, 3.63) is 59.0 Å². The van der Waals surface area contributed by atoms with Gasteiger partial charge in [0, 0.05) is 37.1 Å². The Kier molecular flexibility index (Phi) is 4.79. The lowest BCUT2D eigenvalue weighted by Gasteiger charge is -2.34. The summed E-state index contributed by atoms with van der Waals surface area (Å²) in [7, 11) is 0. The summed E-state index contributed by atoms with van der Waals surface area (Å²) in [5.41, 5.74) is 4.89. The fourth-order valence-corrected chi connectivity index (χ4v) is 4.60. The van der Waals surface area contributed by atoms with Crippen LogP contribution in [0.25, 0.3) is 11.0 Å². The van der Waals surface area contributed by atoms with Crippen molar-refractivity contribution in [3.63, 3.8) is 0 Å². The number of pyridine rings is 1. The first kappa shape index (κ1) is 18.3. The van der Waals surface area contributed by atoms with Crippen LogP contribution in [0.1, 0.15) is 46.1 Å². The van der Waals surface area contributed by atoms with Gasteiger partial charge in [0.2, 0.25) is 0 Å². The molecule has 4 heterocycles. The molecular weight excluding hydrogens is 364 g/mol. The van der Waals surface area contributed by atoms with Crippen LogP contribution < -0.4 is 0 Å². The maximum Gasteiger partial charge on any atom is 0.272 e. The van der Waals surface area contributed by atoms with Crippen molar-refractivity contribution in [1.82, 2.24) is 19.9 Å². The molecule has 6 nitrogen and oxygen atoms in total. The smallest absolute Gasteiger partial charge is 0.272 e. The molecule has 6 heteroatoms. The van der Waals surface area contributed by atoms with Gasteiger partial charge >= 0.3 is 0 Å². The zero-order valence-corrected chi connectivity index (χ0v) is 16.8. The summed E-state index contributed by atoms with van der Waals surface area (Å²) < 4.78 is 5.56. The normalized spacial score (nSPS) is 18.4. The van der Waals surface area contributed by atoms with Crippen molar-refractivity contribution in [1.29, 1.82) is 0 Å². The zero-order valence-electron chi connectivity index (χ0n) is 16.8. The van der Waals surface area contributed by atoms with Crippen LogP contribution in [0.4, 0.5) is 0 Å². The predicted octanol–water partition coefficient (Wildman–Crippen LogP) is 3.41. The Hall–Kier alpha value is -2.73. The van der Waals surface area contributed by atoms with E-state index in [0.717, 1.165) is 74.2 Å². The quantitative estimate of drug-likeness (QED) is 0.683. The van der Waals surface area contributed by atoms with Crippen molar-refractivity contribution < 1.29 is 9.32 Å². The number of carbonyl (C=O) groups excluding carboxylic acids is 1. The number of aromatic nitrogens is 2. The molecule has 2 aliphatic rings. The molecule has 0 unspecified atom stereocenters. The molecule has 0 N–H and O–H groups in total. The summed E-state index contributed by atoms with van der Waals surface area (Å²) in [5, 5.41) is 5.53. The average Bonchev–Trinajstić information content (AvgIpc) is 3.17. The molecule has 3 aromatic rings. The van der Waals surface area contributed by atoms with Gasteiger partial charge < -0.3 is 14.3 Å². The Morgan fingerprint density at radius 1 is 1.14 bits per heavy atom. The number of benzene rings is 1. The second-order valence-electron chi connectivity index (χ2n) is 8.24. The zero-order chi connectivity index (χ0) is 19.8. The van der Waals surface area contributed by atoms with Crippen LogP contribution in [0.3, 0.4) is 0 Å². The standard InChI is InChI=1S/C23H26N4O2/c1-16-4-5-19-20(15-16)29-25-21(19)18-6-10-26(11-7-18)13-14-27-12-8-17-3-2-9-24-22(17)23(27)28/h2-5,9,15,18H,6-8,10-14H2,1H3. The molecule has 1 saturated heterocycles. The third-order valence-corrected chi connectivity index (χ3v) is 6.35. The van der Waals surface area contributed by atoms with Gasteiger partial charge in [-0.15, -0.1) is 0 Å². The summed E-state index contributed by atoms with van der Waals surface area (Å²) in [5.74, 6) is 0.522. The molecule has 0 atom stereocenters. The molecule has 0 aliphatic carbocycles. The number of rotatable bonds is 4. The lowest BCUT2D eigenvalue weighted by Crippen LogP contribution is -2.44. The van der Waals surface area contributed by atoms with E-state index in [4.69, 9.17) is 4.52 Å². The summed E-state index contributed by atoms with van der Waals surface area (Å²) in [4.78, 5) is 21.4. The molecule has 0 spiro atoms. The lowest BCUT2D eigenvalue weighted by molar-refractivity contribution is 0.0703. The van der Waals surface area contributed by atoms with Gasteiger partial charge in [0.25, 0.3) is 5.91 Å². The molecule has 0 bridgehead atoms. The molecular formula is C23H26N4O2. The number of aryl methyl sites for hydroxylation is 1. The maximum absolute atomic E-state index is 12.7. The molecule has 150 valence electrons. The third kappa shape index (κ3) is 3.53. The first-order valence-corrected chi connectivity index (χ1v) is 10.5. The van der Waals surface area contributed by atoms with E-state index >= 15 is 0 Å². The maximum atomic E-state index is 12.7. The van der Waals surface area contributed by atoms with Gasteiger partial charge in [0.1, 0.15) is 5.69 Å². The van der Waals surface area contributed by atoms with Crippen LogP contribution in [-0.4, -0.2) is 58.6 Å². The second-order valence-corrected chi connectivity index (χ2v) is 8.24. The first-order valence-electron chi connectivity index (χ1n) is 10.5. The Balaban J connectivity index is 1.17. The monoisotopic (exact) mass is 390 g/mol. The van der Waals surface area contributed by atoms with Crippen LogP contribution in [0, 0.1) is 6.92 Å². The first-order chi connectivity index (χ1) is 14.2. The highest BCUT2D eigenvalue weighted by atomic mass is 16.5. The number of piperidine rings is 1. The van der Waals surface area contributed by atoms with Crippen LogP contribution in [-0.2, 0) is 6.42 Å². The minimum atomic E-state index is 0.0751. The third-order valence-electron chi connectivity index (χ3n) is 6.35. The van der Waals surface area contributed by atoms with Crippen molar-refractivity contribution in [2.75, 3.05) is 32.7 Å². The van der Waals surface area contributed by atoms with E-state index in [-0.39, 0.29) is 5.91 Å². The van der Waals surface area contributed by atoms with Gasteiger partial charge in [-0.3, -0.25) is 9.78 Å². The molecule has 2 aromatic heterocycles. The van der Waals surface area contributed by atoms with Gasteiger partial charge in [-0.05, 0) is 68.6 Å². The number of hydrogen-bond acceptors (Lipinski definition) is 5. The Morgan fingerprint density at radius 3 is 2.86 bits per heavy atom. The SMILES string of the molecule is Cc1ccc2c(C3CCN(CCN4CCc5cccnc5C4=O)CC3)noc2c1. The van der Waals surface area contributed by atoms with Gasteiger partial charge in [-0.25, -0.2) is 0 Å². The molecule has 1 fully saturated rings. The summed E-state index contributed by atoms with van der Waals surface area (Å²) in [6.07, 6.45) is 4.76. The summed E-state index contributed by atoms with van der Waals surface area (Å²) in [6.45, 7) is 6.61. The van der Waals surface area contributed by atoms with Crippen molar-refractivity contribution in [2.24, 2.45) is 0 Å². The van der Waals surface area contributed by atoms with Crippen LogP contribution in [0.2, 0.25) is 0 Å². The van der Waals surface area contributed by atoms with E-state index in [1.165, 1.54) is 5.56 Å². The van der Waals surface area contributed by atoms with Gasteiger partial charge in [0.05, 0.1) is 5.69 Å². The van der Waals surface area contributed by atoms with Gasteiger partial charge in [-0.2, -0.15) is 0 Å². The number of likely N-dealkylation sites (tertiary alicyclic amines) is 1. The van der Waals surface area contributed by atoms with Gasteiger partial charge in [-0.1, -0.05) is 17.3 Å². The van der Waals surface area contributed by atoms with E-state index in [1.54, 1.807) is 6.20 Å². The molecule has 1 aromatic carbocycles. The van der Waals surface area contributed by atoms with Crippen molar-refractivity contribution >= 4 is 16.9 Å². The minimum Gasteiger partial charge on any atom is -0.356 e. The molecule has 0 radical (unpaired) electrons. The fraction of sp³-hybridized carbons (Fsp3) is 0.435. The Morgan fingerprint density at radius 2 is 2.00 bits per heavy atom. The van der Waals surface area contributed by atoms with E-state index in [9.17, 15) is 4.79 Å².